The van der Waals surface area contributed by atoms with Gasteiger partial charge < -0.3 is 14.9 Å². The second-order valence-electron chi connectivity index (χ2n) is 5.84. The third kappa shape index (κ3) is 2.47. The third-order valence-electron chi connectivity index (χ3n) is 4.66. The Morgan fingerprint density at radius 1 is 1.14 bits per heavy atom. The summed E-state index contributed by atoms with van der Waals surface area (Å²) < 4.78 is 5.09. The van der Waals surface area contributed by atoms with Crippen molar-refractivity contribution in [3.05, 3.63) is 41.0 Å². The highest BCUT2D eigenvalue weighted by Crippen LogP contribution is 2.46. The van der Waals surface area contributed by atoms with Crippen LogP contribution in [-0.2, 0) is 15.0 Å². The lowest BCUT2D eigenvalue weighted by Crippen LogP contribution is -2.48. The van der Waals surface area contributed by atoms with Crippen molar-refractivity contribution in [1.82, 2.24) is 0 Å². The first-order chi connectivity index (χ1) is 10.3. The molecule has 0 radical (unpaired) electrons. The highest BCUT2D eigenvalue weighted by atomic mass is 16.5. The summed E-state index contributed by atoms with van der Waals surface area (Å²) in [5, 5.41) is 19.5. The van der Waals surface area contributed by atoms with Crippen molar-refractivity contribution in [2.45, 2.75) is 32.1 Å². The van der Waals surface area contributed by atoms with Gasteiger partial charge in [0, 0.05) is 0 Å². The number of methoxy groups -OCH3 is 1. The molecule has 0 amide bonds. The first-order valence-corrected chi connectivity index (χ1v) is 7.09. The summed E-state index contributed by atoms with van der Waals surface area (Å²) in [6, 6.07) is 6.63. The number of aliphatic carboxylic acids is 2. The van der Waals surface area contributed by atoms with E-state index < -0.39 is 23.3 Å². The summed E-state index contributed by atoms with van der Waals surface area (Å²) in [5.41, 5.74) is 0.954. The molecule has 5 nitrogen and oxygen atoms in total. The molecule has 5 heteroatoms. The Balaban J connectivity index is 2.63. The zero-order chi connectivity index (χ0) is 16.5. The Bertz CT molecular complexity index is 629. The monoisotopic (exact) mass is 304 g/mol. The molecule has 1 aromatic carbocycles. The fourth-order valence-corrected chi connectivity index (χ4v) is 3.18. The molecule has 0 aliphatic heterocycles. The molecule has 0 aromatic heterocycles. The van der Waals surface area contributed by atoms with Gasteiger partial charge in [0.15, 0.2) is 0 Å². The number of ether oxygens (including phenoxy) is 1. The van der Waals surface area contributed by atoms with Crippen LogP contribution in [0.15, 0.2) is 35.4 Å². The van der Waals surface area contributed by atoms with E-state index in [2.05, 4.69) is 0 Å². The van der Waals surface area contributed by atoms with E-state index in [-0.39, 0.29) is 12.8 Å². The van der Waals surface area contributed by atoms with Crippen molar-refractivity contribution < 1.29 is 24.5 Å². The zero-order valence-electron chi connectivity index (χ0n) is 12.9. The first-order valence-electron chi connectivity index (χ1n) is 7.09. The minimum Gasteiger partial charge on any atom is -0.497 e. The molecular formula is C17H20O5. The van der Waals surface area contributed by atoms with Gasteiger partial charge in [-0.15, -0.1) is 0 Å². The molecule has 118 valence electrons. The average Bonchev–Trinajstić information content (AvgIpc) is 2.49. The second kappa shape index (κ2) is 5.83. The van der Waals surface area contributed by atoms with Crippen molar-refractivity contribution >= 4 is 11.9 Å². The van der Waals surface area contributed by atoms with Crippen LogP contribution in [0.5, 0.6) is 5.75 Å². The fourth-order valence-electron chi connectivity index (χ4n) is 3.18. The summed E-state index contributed by atoms with van der Waals surface area (Å²) in [7, 11) is 1.53. The minimum absolute atomic E-state index is 0.206. The van der Waals surface area contributed by atoms with Gasteiger partial charge in [0.2, 0.25) is 0 Å². The van der Waals surface area contributed by atoms with E-state index in [0.717, 1.165) is 11.1 Å². The van der Waals surface area contributed by atoms with E-state index in [0.29, 0.717) is 11.3 Å². The normalized spacial score (nSPS) is 25.0. The van der Waals surface area contributed by atoms with Crippen molar-refractivity contribution in [3.63, 3.8) is 0 Å². The van der Waals surface area contributed by atoms with Crippen LogP contribution in [0.4, 0.5) is 0 Å². The molecule has 1 aliphatic rings. The lowest BCUT2D eigenvalue weighted by molar-refractivity contribution is -0.156. The SMILES string of the molecule is COc1ccc([C@]2(C(=O)O)CC(C)=C(C)C[C@@H]2C(=O)O)cc1. The van der Waals surface area contributed by atoms with Gasteiger partial charge >= 0.3 is 11.9 Å². The molecule has 0 bridgehead atoms. The summed E-state index contributed by atoms with van der Waals surface area (Å²) in [4.78, 5) is 23.8. The summed E-state index contributed by atoms with van der Waals surface area (Å²) in [6.07, 6.45) is 0.455. The largest absolute Gasteiger partial charge is 0.497 e. The summed E-state index contributed by atoms with van der Waals surface area (Å²) in [6.45, 7) is 3.74. The molecular weight excluding hydrogens is 284 g/mol. The Morgan fingerprint density at radius 2 is 1.73 bits per heavy atom. The van der Waals surface area contributed by atoms with E-state index in [1.165, 1.54) is 7.11 Å². The van der Waals surface area contributed by atoms with Gasteiger partial charge in [-0.1, -0.05) is 23.3 Å². The number of carboxylic acids is 2. The maximum absolute atomic E-state index is 12.1. The molecule has 2 N–H and O–H groups in total. The zero-order valence-corrected chi connectivity index (χ0v) is 12.9. The molecule has 0 spiro atoms. The van der Waals surface area contributed by atoms with Crippen LogP contribution in [0.2, 0.25) is 0 Å². The van der Waals surface area contributed by atoms with Crippen LogP contribution in [0.1, 0.15) is 32.3 Å². The minimum atomic E-state index is -1.44. The third-order valence-corrected chi connectivity index (χ3v) is 4.66. The fraction of sp³-hybridized carbons (Fsp3) is 0.412. The molecule has 22 heavy (non-hydrogen) atoms. The molecule has 0 unspecified atom stereocenters. The van der Waals surface area contributed by atoms with Crippen molar-refractivity contribution in [2.75, 3.05) is 7.11 Å². The van der Waals surface area contributed by atoms with Crippen LogP contribution in [-0.4, -0.2) is 29.3 Å². The van der Waals surface area contributed by atoms with Crippen LogP contribution in [0.3, 0.4) is 0 Å². The second-order valence-corrected chi connectivity index (χ2v) is 5.84. The highest BCUT2D eigenvalue weighted by molar-refractivity contribution is 5.90. The van der Waals surface area contributed by atoms with Gasteiger partial charge in [-0.05, 0) is 44.4 Å². The molecule has 2 rings (SSSR count). The Hall–Kier alpha value is -2.30. The van der Waals surface area contributed by atoms with Crippen LogP contribution in [0.25, 0.3) is 0 Å². The van der Waals surface area contributed by atoms with Crippen molar-refractivity contribution in [3.8, 4) is 5.75 Å². The maximum atomic E-state index is 12.1. The number of carboxylic acid groups (broad SMARTS) is 2. The number of hydrogen-bond acceptors (Lipinski definition) is 3. The number of rotatable bonds is 4. The number of allylic oxidation sites excluding steroid dienone is 2. The first kappa shape index (κ1) is 16.1. The molecule has 0 saturated heterocycles. The Labute approximate surface area is 129 Å². The number of hydrogen-bond donors (Lipinski definition) is 2. The summed E-state index contributed by atoms with van der Waals surface area (Å²) in [5.74, 6) is -2.56. The smallest absolute Gasteiger partial charge is 0.315 e. The topological polar surface area (TPSA) is 83.8 Å². The van der Waals surface area contributed by atoms with Crippen molar-refractivity contribution in [1.29, 1.82) is 0 Å². The van der Waals surface area contributed by atoms with E-state index in [1.54, 1.807) is 24.3 Å². The van der Waals surface area contributed by atoms with E-state index in [4.69, 9.17) is 4.74 Å². The number of benzene rings is 1. The van der Waals surface area contributed by atoms with Gasteiger partial charge in [-0.2, -0.15) is 0 Å². The van der Waals surface area contributed by atoms with Gasteiger partial charge in [-0.25, -0.2) is 0 Å². The van der Waals surface area contributed by atoms with Gasteiger partial charge in [-0.3, -0.25) is 9.59 Å². The highest BCUT2D eigenvalue weighted by Gasteiger charge is 2.53. The number of carbonyl (C=O) groups is 2. The molecule has 0 saturated carbocycles. The van der Waals surface area contributed by atoms with Gasteiger partial charge in [0.1, 0.15) is 11.2 Å². The summed E-state index contributed by atoms with van der Waals surface area (Å²) >= 11 is 0. The molecule has 1 aromatic rings. The lowest BCUT2D eigenvalue weighted by atomic mass is 9.61. The standard InChI is InChI=1S/C17H20O5/c1-10-8-14(15(18)19)17(16(20)21,9-11(10)2)12-4-6-13(22-3)7-5-12/h4-7,14H,8-9H2,1-3H3,(H,18,19)(H,20,21)/t14-,17-/m1/s1. The predicted molar refractivity (Wildman–Crippen MR) is 81.0 cm³/mol. The molecule has 1 aliphatic carbocycles. The molecule has 0 heterocycles. The van der Waals surface area contributed by atoms with Crippen LogP contribution < -0.4 is 4.74 Å². The lowest BCUT2D eigenvalue weighted by Gasteiger charge is -2.40. The quantitative estimate of drug-likeness (QED) is 0.836. The Kier molecular flexibility index (Phi) is 4.26. The van der Waals surface area contributed by atoms with Gasteiger partial charge in [0.25, 0.3) is 0 Å². The molecule has 0 fully saturated rings. The Morgan fingerprint density at radius 3 is 2.18 bits per heavy atom. The van der Waals surface area contributed by atoms with Crippen molar-refractivity contribution in [2.24, 2.45) is 5.92 Å². The van der Waals surface area contributed by atoms with E-state index in [1.807, 2.05) is 13.8 Å². The molecule has 2 atom stereocenters. The van der Waals surface area contributed by atoms with Crippen LogP contribution in [0, 0.1) is 5.92 Å². The predicted octanol–water partition coefficient (Wildman–Crippen LogP) is 2.85. The van der Waals surface area contributed by atoms with E-state index in [9.17, 15) is 19.8 Å². The van der Waals surface area contributed by atoms with Gasteiger partial charge in [0.05, 0.1) is 13.0 Å². The average molecular weight is 304 g/mol. The maximum Gasteiger partial charge on any atom is 0.315 e. The van der Waals surface area contributed by atoms with Crippen LogP contribution >= 0.6 is 0 Å². The van der Waals surface area contributed by atoms with E-state index >= 15 is 0 Å².